The number of nitrogens with one attached hydrogen (secondary N) is 2. The standard InChI is InChI=1S/C19H21N3O2/c1-13-6-5-8-16(12-13)21-19(24)20-14(2)18(23)22-11-10-15-7-3-4-9-17(15)22/h3-9,12,14H,10-11H2,1-2H3,(H2,20,21,24). The van der Waals surface area contributed by atoms with Crippen LogP contribution in [0.25, 0.3) is 0 Å². The normalized spacial score (nSPS) is 14.0. The molecule has 1 heterocycles. The number of fused-ring (bicyclic) bond motifs is 1. The SMILES string of the molecule is Cc1cccc(NC(=O)NC(C)C(=O)N2CCc3ccccc32)c1. The highest BCUT2D eigenvalue weighted by molar-refractivity contribution is 6.01. The third-order valence-corrected chi connectivity index (χ3v) is 4.15. The van der Waals surface area contributed by atoms with Gasteiger partial charge in [-0.15, -0.1) is 0 Å². The van der Waals surface area contributed by atoms with E-state index in [1.807, 2.05) is 55.5 Å². The third kappa shape index (κ3) is 3.40. The van der Waals surface area contributed by atoms with Crippen molar-refractivity contribution in [2.45, 2.75) is 26.3 Å². The number of nitrogens with zero attached hydrogens (tertiary/aromatic N) is 1. The molecule has 3 rings (SSSR count). The van der Waals surface area contributed by atoms with Gasteiger partial charge < -0.3 is 15.5 Å². The van der Waals surface area contributed by atoms with Crippen LogP contribution < -0.4 is 15.5 Å². The van der Waals surface area contributed by atoms with Crippen molar-refractivity contribution in [2.75, 3.05) is 16.8 Å². The van der Waals surface area contributed by atoms with Crippen LogP contribution in [0.4, 0.5) is 16.2 Å². The summed E-state index contributed by atoms with van der Waals surface area (Å²) in [5.41, 5.74) is 3.88. The van der Waals surface area contributed by atoms with Crippen molar-refractivity contribution in [2.24, 2.45) is 0 Å². The highest BCUT2D eigenvalue weighted by Gasteiger charge is 2.28. The van der Waals surface area contributed by atoms with Crippen molar-refractivity contribution >= 4 is 23.3 Å². The number of hydrogen-bond donors (Lipinski definition) is 2. The summed E-state index contributed by atoms with van der Waals surface area (Å²) in [7, 11) is 0. The zero-order chi connectivity index (χ0) is 17.1. The average Bonchev–Trinajstić information content (AvgIpc) is 2.98. The lowest BCUT2D eigenvalue weighted by molar-refractivity contribution is -0.119. The number of anilines is 2. The molecule has 5 heteroatoms. The van der Waals surface area contributed by atoms with E-state index in [0.717, 1.165) is 17.7 Å². The fourth-order valence-electron chi connectivity index (χ4n) is 2.95. The molecule has 0 saturated carbocycles. The summed E-state index contributed by atoms with van der Waals surface area (Å²) in [4.78, 5) is 26.5. The van der Waals surface area contributed by atoms with E-state index in [1.54, 1.807) is 11.8 Å². The molecule has 2 aromatic rings. The molecule has 0 aliphatic carbocycles. The molecule has 1 aliphatic rings. The molecule has 1 aliphatic heterocycles. The second-order valence-corrected chi connectivity index (χ2v) is 6.06. The maximum Gasteiger partial charge on any atom is 0.319 e. The largest absolute Gasteiger partial charge is 0.326 e. The Morgan fingerprint density at radius 3 is 2.71 bits per heavy atom. The van der Waals surface area contributed by atoms with Crippen molar-refractivity contribution < 1.29 is 9.59 Å². The lowest BCUT2D eigenvalue weighted by Gasteiger charge is -2.22. The van der Waals surface area contributed by atoms with Crippen molar-refractivity contribution in [1.82, 2.24) is 5.32 Å². The number of amides is 3. The lowest BCUT2D eigenvalue weighted by Crippen LogP contribution is -2.47. The van der Waals surface area contributed by atoms with Gasteiger partial charge in [0.1, 0.15) is 6.04 Å². The number of carbonyl (C=O) groups is 2. The van der Waals surface area contributed by atoms with E-state index in [2.05, 4.69) is 10.6 Å². The summed E-state index contributed by atoms with van der Waals surface area (Å²) in [5, 5.41) is 5.47. The number of urea groups is 1. The van der Waals surface area contributed by atoms with Gasteiger partial charge in [0.15, 0.2) is 0 Å². The smallest absolute Gasteiger partial charge is 0.319 e. The Balaban J connectivity index is 1.61. The van der Waals surface area contributed by atoms with Crippen LogP contribution in [0, 0.1) is 6.92 Å². The molecule has 0 fully saturated rings. The zero-order valence-corrected chi connectivity index (χ0v) is 13.9. The predicted molar refractivity (Wildman–Crippen MR) is 95.3 cm³/mol. The van der Waals surface area contributed by atoms with Crippen molar-refractivity contribution in [3.63, 3.8) is 0 Å². The summed E-state index contributed by atoms with van der Waals surface area (Å²) in [6.07, 6.45) is 0.851. The van der Waals surface area contributed by atoms with E-state index in [-0.39, 0.29) is 11.9 Å². The van der Waals surface area contributed by atoms with Gasteiger partial charge in [0, 0.05) is 17.9 Å². The van der Waals surface area contributed by atoms with E-state index in [0.29, 0.717) is 12.2 Å². The minimum Gasteiger partial charge on any atom is -0.326 e. The number of carbonyl (C=O) groups excluding carboxylic acids is 2. The van der Waals surface area contributed by atoms with Gasteiger partial charge in [0.25, 0.3) is 0 Å². The highest BCUT2D eigenvalue weighted by Crippen LogP contribution is 2.27. The van der Waals surface area contributed by atoms with E-state index in [1.165, 1.54) is 5.56 Å². The molecule has 24 heavy (non-hydrogen) atoms. The fraction of sp³-hybridized carbons (Fsp3) is 0.263. The van der Waals surface area contributed by atoms with Crippen molar-refractivity contribution in [3.05, 3.63) is 59.7 Å². The van der Waals surface area contributed by atoms with Crippen LogP contribution in [-0.2, 0) is 11.2 Å². The van der Waals surface area contributed by atoms with Crippen LogP contribution in [0.15, 0.2) is 48.5 Å². The minimum atomic E-state index is -0.596. The molecule has 0 aromatic heterocycles. The van der Waals surface area contributed by atoms with Gasteiger partial charge in [0.05, 0.1) is 0 Å². The molecule has 5 nitrogen and oxygen atoms in total. The second-order valence-electron chi connectivity index (χ2n) is 6.06. The Kier molecular flexibility index (Phi) is 4.51. The molecule has 124 valence electrons. The number of para-hydroxylation sites is 1. The van der Waals surface area contributed by atoms with Crippen LogP contribution in [0.1, 0.15) is 18.1 Å². The topological polar surface area (TPSA) is 61.4 Å². The second kappa shape index (κ2) is 6.74. The lowest BCUT2D eigenvalue weighted by atomic mass is 10.2. The maximum atomic E-state index is 12.6. The summed E-state index contributed by atoms with van der Waals surface area (Å²) in [5.74, 6) is -0.0978. The van der Waals surface area contributed by atoms with Gasteiger partial charge in [0.2, 0.25) is 5.91 Å². The Labute approximate surface area is 141 Å². The van der Waals surface area contributed by atoms with Crippen LogP contribution >= 0.6 is 0 Å². The van der Waals surface area contributed by atoms with E-state index < -0.39 is 6.04 Å². The summed E-state index contributed by atoms with van der Waals surface area (Å²) < 4.78 is 0. The molecule has 0 radical (unpaired) electrons. The molecule has 0 saturated heterocycles. The Bertz CT molecular complexity index is 773. The van der Waals surface area contributed by atoms with Crippen molar-refractivity contribution in [3.8, 4) is 0 Å². The summed E-state index contributed by atoms with van der Waals surface area (Å²) >= 11 is 0. The highest BCUT2D eigenvalue weighted by atomic mass is 16.2. The molecule has 1 atom stereocenters. The zero-order valence-electron chi connectivity index (χ0n) is 13.9. The molecular weight excluding hydrogens is 302 g/mol. The number of benzene rings is 2. The quantitative estimate of drug-likeness (QED) is 0.912. The van der Waals surface area contributed by atoms with Gasteiger partial charge in [-0.1, -0.05) is 30.3 Å². The minimum absolute atomic E-state index is 0.0978. The molecule has 1 unspecified atom stereocenters. The van der Waals surface area contributed by atoms with E-state index in [4.69, 9.17) is 0 Å². The molecule has 0 spiro atoms. The first-order valence-electron chi connectivity index (χ1n) is 8.08. The van der Waals surface area contributed by atoms with Gasteiger partial charge >= 0.3 is 6.03 Å². The first kappa shape index (κ1) is 16.1. The fourth-order valence-corrected chi connectivity index (χ4v) is 2.95. The van der Waals surface area contributed by atoms with Gasteiger partial charge in [-0.05, 0) is 49.6 Å². The molecule has 3 amide bonds. The average molecular weight is 323 g/mol. The molecule has 2 N–H and O–H groups in total. The predicted octanol–water partition coefficient (Wildman–Crippen LogP) is 3.09. The van der Waals surface area contributed by atoms with E-state index >= 15 is 0 Å². The Hall–Kier alpha value is -2.82. The first-order chi connectivity index (χ1) is 11.5. The van der Waals surface area contributed by atoms with Crippen LogP contribution in [0.2, 0.25) is 0 Å². The molecule has 2 aromatic carbocycles. The first-order valence-corrected chi connectivity index (χ1v) is 8.08. The van der Waals surface area contributed by atoms with Crippen LogP contribution in [-0.4, -0.2) is 24.5 Å². The van der Waals surface area contributed by atoms with Crippen LogP contribution in [0.5, 0.6) is 0 Å². The Morgan fingerprint density at radius 2 is 1.92 bits per heavy atom. The monoisotopic (exact) mass is 323 g/mol. The third-order valence-electron chi connectivity index (χ3n) is 4.15. The van der Waals surface area contributed by atoms with Crippen molar-refractivity contribution in [1.29, 1.82) is 0 Å². The van der Waals surface area contributed by atoms with Gasteiger partial charge in [-0.25, -0.2) is 4.79 Å². The summed E-state index contributed by atoms with van der Waals surface area (Å²) in [6, 6.07) is 14.4. The Morgan fingerprint density at radius 1 is 1.12 bits per heavy atom. The van der Waals surface area contributed by atoms with E-state index in [9.17, 15) is 9.59 Å². The number of rotatable bonds is 3. The molecule has 0 bridgehead atoms. The van der Waals surface area contributed by atoms with Gasteiger partial charge in [-0.2, -0.15) is 0 Å². The van der Waals surface area contributed by atoms with Gasteiger partial charge in [-0.3, -0.25) is 4.79 Å². The number of aryl methyl sites for hydroxylation is 1. The maximum absolute atomic E-state index is 12.6. The number of hydrogen-bond acceptors (Lipinski definition) is 2. The van der Waals surface area contributed by atoms with Crippen LogP contribution in [0.3, 0.4) is 0 Å². The molecular formula is C19H21N3O2. The summed E-state index contributed by atoms with van der Waals surface area (Å²) in [6.45, 7) is 4.32.